The zero-order valence-electron chi connectivity index (χ0n) is 11.4. The number of rotatable bonds is 4. The van der Waals surface area contributed by atoms with Crippen LogP contribution in [-0.2, 0) is 12.8 Å². The van der Waals surface area contributed by atoms with E-state index in [2.05, 4.69) is 47.6 Å². The van der Waals surface area contributed by atoms with Gasteiger partial charge in [0.05, 0.1) is 0 Å². The van der Waals surface area contributed by atoms with Crippen molar-refractivity contribution in [3.8, 4) is 0 Å². The molecule has 3 rings (SSSR count). The van der Waals surface area contributed by atoms with Crippen LogP contribution in [-0.4, -0.2) is 4.98 Å². The van der Waals surface area contributed by atoms with Gasteiger partial charge in [-0.15, -0.1) is 0 Å². The van der Waals surface area contributed by atoms with Gasteiger partial charge in [-0.05, 0) is 67.2 Å². The largest absolute Gasteiger partial charge is 0.264 e. The Morgan fingerprint density at radius 3 is 2.89 bits per heavy atom. The van der Waals surface area contributed by atoms with Crippen molar-refractivity contribution in [1.29, 1.82) is 0 Å². The third-order valence-corrected chi connectivity index (χ3v) is 4.24. The van der Waals surface area contributed by atoms with Gasteiger partial charge >= 0.3 is 0 Å². The van der Waals surface area contributed by atoms with Crippen molar-refractivity contribution in [3.63, 3.8) is 0 Å². The Bertz CT molecular complexity index is 518. The first-order chi connectivity index (χ1) is 9.43. The standard InChI is InChI=1S/C18H21N/c1-2-6-15(7-3-1)8-4-9-16-10-5-11-17-14-19-13-12-18(16)17/h1-3,6-7,12-14,16H,4-5,8-11H2. The Labute approximate surface area is 115 Å². The van der Waals surface area contributed by atoms with Crippen LogP contribution in [0.2, 0.25) is 0 Å². The first-order valence-corrected chi connectivity index (χ1v) is 7.40. The second-order valence-corrected chi connectivity index (χ2v) is 5.54. The molecule has 0 saturated carbocycles. The van der Waals surface area contributed by atoms with Crippen molar-refractivity contribution in [1.82, 2.24) is 4.98 Å². The quantitative estimate of drug-likeness (QED) is 0.778. The maximum Gasteiger partial charge on any atom is 0.0302 e. The fourth-order valence-electron chi connectivity index (χ4n) is 3.24. The second kappa shape index (κ2) is 6.01. The Morgan fingerprint density at radius 2 is 2.00 bits per heavy atom. The molecular formula is C18H21N. The van der Waals surface area contributed by atoms with Gasteiger partial charge in [0.1, 0.15) is 0 Å². The van der Waals surface area contributed by atoms with Crippen molar-refractivity contribution in [2.45, 2.75) is 44.4 Å². The van der Waals surface area contributed by atoms with Crippen LogP contribution in [0.25, 0.3) is 0 Å². The SMILES string of the molecule is c1ccc(CCCC2CCCc3cnccc32)cc1. The van der Waals surface area contributed by atoms with Gasteiger partial charge in [-0.3, -0.25) is 4.98 Å². The summed E-state index contributed by atoms with van der Waals surface area (Å²) in [5.41, 5.74) is 4.51. The highest BCUT2D eigenvalue weighted by Crippen LogP contribution is 2.34. The summed E-state index contributed by atoms with van der Waals surface area (Å²) in [4.78, 5) is 4.26. The van der Waals surface area contributed by atoms with Gasteiger partial charge in [0.15, 0.2) is 0 Å². The molecule has 1 aliphatic carbocycles. The highest BCUT2D eigenvalue weighted by molar-refractivity contribution is 5.29. The fraction of sp³-hybridized carbons (Fsp3) is 0.389. The van der Waals surface area contributed by atoms with E-state index in [-0.39, 0.29) is 0 Å². The number of aryl methyl sites for hydroxylation is 2. The van der Waals surface area contributed by atoms with Gasteiger partial charge in [0.25, 0.3) is 0 Å². The summed E-state index contributed by atoms with van der Waals surface area (Å²) in [6, 6.07) is 13.1. The van der Waals surface area contributed by atoms with Crippen LogP contribution >= 0.6 is 0 Å². The first-order valence-electron chi connectivity index (χ1n) is 7.40. The van der Waals surface area contributed by atoms with Crippen molar-refractivity contribution < 1.29 is 0 Å². The zero-order chi connectivity index (χ0) is 12.9. The predicted octanol–water partition coefficient (Wildman–Crippen LogP) is 4.52. The number of aromatic nitrogens is 1. The second-order valence-electron chi connectivity index (χ2n) is 5.54. The van der Waals surface area contributed by atoms with Gasteiger partial charge in [-0.2, -0.15) is 0 Å². The van der Waals surface area contributed by atoms with Crippen LogP contribution in [0.1, 0.15) is 48.3 Å². The zero-order valence-corrected chi connectivity index (χ0v) is 11.4. The van der Waals surface area contributed by atoms with Crippen molar-refractivity contribution in [2.75, 3.05) is 0 Å². The smallest absolute Gasteiger partial charge is 0.0302 e. The van der Waals surface area contributed by atoms with Crippen molar-refractivity contribution in [2.24, 2.45) is 0 Å². The monoisotopic (exact) mass is 251 g/mol. The average molecular weight is 251 g/mol. The minimum absolute atomic E-state index is 0.760. The van der Waals surface area contributed by atoms with Crippen LogP contribution in [0.5, 0.6) is 0 Å². The number of benzene rings is 1. The van der Waals surface area contributed by atoms with E-state index in [9.17, 15) is 0 Å². The summed E-state index contributed by atoms with van der Waals surface area (Å²) >= 11 is 0. The molecule has 1 aliphatic rings. The number of hydrogen-bond acceptors (Lipinski definition) is 1. The molecular weight excluding hydrogens is 230 g/mol. The Kier molecular flexibility index (Phi) is 3.92. The Balaban J connectivity index is 1.59. The summed E-state index contributed by atoms with van der Waals surface area (Å²) in [6.07, 6.45) is 11.7. The minimum Gasteiger partial charge on any atom is -0.264 e. The molecule has 0 spiro atoms. The summed E-state index contributed by atoms with van der Waals surface area (Å²) in [5, 5.41) is 0. The number of fused-ring (bicyclic) bond motifs is 1. The summed E-state index contributed by atoms with van der Waals surface area (Å²) < 4.78 is 0. The third-order valence-electron chi connectivity index (χ3n) is 4.24. The number of nitrogens with zero attached hydrogens (tertiary/aromatic N) is 1. The molecule has 0 bridgehead atoms. The predicted molar refractivity (Wildman–Crippen MR) is 79.3 cm³/mol. The van der Waals surface area contributed by atoms with Gasteiger partial charge in [-0.1, -0.05) is 30.3 Å². The van der Waals surface area contributed by atoms with E-state index in [4.69, 9.17) is 0 Å². The minimum atomic E-state index is 0.760. The maximum absolute atomic E-state index is 4.26. The molecule has 1 aromatic heterocycles. The molecule has 1 nitrogen and oxygen atoms in total. The maximum atomic E-state index is 4.26. The van der Waals surface area contributed by atoms with Crippen LogP contribution < -0.4 is 0 Å². The lowest BCUT2D eigenvalue weighted by Gasteiger charge is -2.25. The summed E-state index contributed by atoms with van der Waals surface area (Å²) in [6.45, 7) is 0. The highest BCUT2D eigenvalue weighted by atomic mass is 14.6. The molecule has 2 aromatic rings. The van der Waals surface area contributed by atoms with E-state index in [0.29, 0.717) is 0 Å². The molecule has 0 amide bonds. The van der Waals surface area contributed by atoms with E-state index in [0.717, 1.165) is 5.92 Å². The molecule has 19 heavy (non-hydrogen) atoms. The van der Waals surface area contributed by atoms with Crippen LogP contribution in [0.4, 0.5) is 0 Å². The van der Waals surface area contributed by atoms with Gasteiger partial charge in [-0.25, -0.2) is 0 Å². The van der Waals surface area contributed by atoms with Crippen molar-refractivity contribution >= 4 is 0 Å². The third kappa shape index (κ3) is 3.04. The van der Waals surface area contributed by atoms with Crippen LogP contribution in [0.15, 0.2) is 48.8 Å². The van der Waals surface area contributed by atoms with E-state index in [1.54, 1.807) is 5.56 Å². The average Bonchev–Trinajstić information content (AvgIpc) is 2.49. The molecule has 0 fully saturated rings. The first kappa shape index (κ1) is 12.4. The lowest BCUT2D eigenvalue weighted by Crippen LogP contribution is -2.10. The normalized spacial score (nSPS) is 18.0. The van der Waals surface area contributed by atoms with Gasteiger partial charge < -0.3 is 0 Å². The lowest BCUT2D eigenvalue weighted by molar-refractivity contribution is 0.503. The molecule has 1 heterocycles. The van der Waals surface area contributed by atoms with Crippen LogP contribution in [0, 0.1) is 0 Å². The molecule has 0 aliphatic heterocycles. The summed E-state index contributed by atoms with van der Waals surface area (Å²) in [5.74, 6) is 0.760. The van der Waals surface area contributed by atoms with E-state index in [1.807, 2.05) is 6.20 Å². The Morgan fingerprint density at radius 1 is 1.11 bits per heavy atom. The molecule has 98 valence electrons. The van der Waals surface area contributed by atoms with Gasteiger partial charge in [0, 0.05) is 12.4 Å². The number of pyridine rings is 1. The van der Waals surface area contributed by atoms with Crippen molar-refractivity contribution in [3.05, 3.63) is 65.5 Å². The number of hydrogen-bond donors (Lipinski definition) is 0. The molecule has 0 saturated heterocycles. The summed E-state index contributed by atoms with van der Waals surface area (Å²) in [7, 11) is 0. The highest BCUT2D eigenvalue weighted by Gasteiger charge is 2.19. The Hall–Kier alpha value is -1.63. The van der Waals surface area contributed by atoms with E-state index in [1.165, 1.54) is 49.7 Å². The molecule has 1 heteroatoms. The molecule has 0 N–H and O–H groups in total. The molecule has 1 unspecified atom stereocenters. The van der Waals surface area contributed by atoms with E-state index < -0.39 is 0 Å². The topological polar surface area (TPSA) is 12.9 Å². The molecule has 0 radical (unpaired) electrons. The van der Waals surface area contributed by atoms with E-state index >= 15 is 0 Å². The molecule has 1 atom stereocenters. The fourth-order valence-corrected chi connectivity index (χ4v) is 3.24. The molecule has 1 aromatic carbocycles. The van der Waals surface area contributed by atoms with Crippen LogP contribution in [0.3, 0.4) is 0 Å². The van der Waals surface area contributed by atoms with Gasteiger partial charge in [0.2, 0.25) is 0 Å². The lowest BCUT2D eigenvalue weighted by atomic mass is 9.81.